The summed E-state index contributed by atoms with van der Waals surface area (Å²) in [5.74, 6) is 0.484. The molecular formula is C32H39N5O3. The van der Waals surface area contributed by atoms with Crippen molar-refractivity contribution in [1.29, 1.82) is 0 Å². The van der Waals surface area contributed by atoms with Crippen LogP contribution >= 0.6 is 0 Å². The Morgan fingerprint density at radius 2 is 1.70 bits per heavy atom. The number of anilines is 2. The monoisotopic (exact) mass is 541 g/mol. The van der Waals surface area contributed by atoms with Gasteiger partial charge < -0.3 is 15.7 Å². The number of aryl methyl sites for hydroxylation is 1. The molecule has 0 aliphatic heterocycles. The van der Waals surface area contributed by atoms with Crippen molar-refractivity contribution in [3.8, 4) is 5.69 Å². The van der Waals surface area contributed by atoms with Crippen LogP contribution in [-0.4, -0.2) is 40.0 Å². The third-order valence-corrected chi connectivity index (χ3v) is 7.17. The summed E-state index contributed by atoms with van der Waals surface area (Å²) < 4.78 is 1.66. The summed E-state index contributed by atoms with van der Waals surface area (Å²) >= 11 is 0. The second-order valence-corrected chi connectivity index (χ2v) is 11.6. The molecule has 8 nitrogen and oxygen atoms in total. The van der Waals surface area contributed by atoms with E-state index in [-0.39, 0.29) is 29.8 Å². The average molecular weight is 542 g/mol. The van der Waals surface area contributed by atoms with Crippen molar-refractivity contribution >= 4 is 34.2 Å². The highest BCUT2D eigenvalue weighted by Crippen LogP contribution is 2.28. The summed E-state index contributed by atoms with van der Waals surface area (Å²) in [6.45, 7) is 12.5. The average Bonchev–Trinajstić information content (AvgIpc) is 3.33. The molecule has 0 aliphatic rings. The van der Waals surface area contributed by atoms with Crippen LogP contribution in [0.4, 0.5) is 16.3 Å². The van der Waals surface area contributed by atoms with Gasteiger partial charge in [0.15, 0.2) is 0 Å². The van der Waals surface area contributed by atoms with E-state index in [4.69, 9.17) is 5.10 Å². The number of fused-ring (bicyclic) bond motifs is 1. The molecule has 4 N–H and O–H groups in total. The van der Waals surface area contributed by atoms with Crippen molar-refractivity contribution in [1.82, 2.24) is 15.1 Å². The Morgan fingerprint density at radius 3 is 2.40 bits per heavy atom. The van der Waals surface area contributed by atoms with Crippen LogP contribution in [0.2, 0.25) is 0 Å². The summed E-state index contributed by atoms with van der Waals surface area (Å²) in [7, 11) is 0. The number of carbonyl (C=O) groups excluding carboxylic acids is 2. The summed E-state index contributed by atoms with van der Waals surface area (Å²) in [5, 5.41) is 25.3. The fourth-order valence-electron chi connectivity index (χ4n) is 4.45. The highest BCUT2D eigenvalue weighted by Gasteiger charge is 2.23. The molecule has 210 valence electrons. The van der Waals surface area contributed by atoms with Crippen LogP contribution in [0.15, 0.2) is 66.7 Å². The van der Waals surface area contributed by atoms with Crippen LogP contribution in [0.25, 0.3) is 16.5 Å². The van der Waals surface area contributed by atoms with Crippen molar-refractivity contribution in [3.63, 3.8) is 0 Å². The van der Waals surface area contributed by atoms with Crippen LogP contribution < -0.4 is 16.0 Å². The van der Waals surface area contributed by atoms with E-state index in [1.807, 2.05) is 81.4 Å². The fraction of sp³-hybridized carbons (Fsp3) is 0.344. The zero-order valence-electron chi connectivity index (χ0n) is 24.1. The number of aliphatic hydroxyl groups is 1. The molecule has 40 heavy (non-hydrogen) atoms. The van der Waals surface area contributed by atoms with Crippen molar-refractivity contribution in [2.24, 2.45) is 11.8 Å². The molecule has 3 amide bonds. The Balaban J connectivity index is 1.63. The lowest BCUT2D eigenvalue weighted by Gasteiger charge is -2.19. The molecule has 8 heteroatoms. The topological polar surface area (TPSA) is 108 Å². The lowest BCUT2D eigenvalue weighted by atomic mass is 9.92. The largest absolute Gasteiger partial charge is 0.396 e. The second kappa shape index (κ2) is 11.9. The number of rotatable bonds is 8. The molecule has 0 aliphatic carbocycles. The predicted octanol–water partition coefficient (Wildman–Crippen LogP) is 6.27. The van der Waals surface area contributed by atoms with Gasteiger partial charge in [-0.15, -0.1) is 0 Å². The van der Waals surface area contributed by atoms with Crippen LogP contribution in [0, 0.1) is 18.8 Å². The molecule has 1 aromatic heterocycles. The maximum absolute atomic E-state index is 13.2. The van der Waals surface area contributed by atoms with Gasteiger partial charge in [-0.2, -0.15) is 5.10 Å². The number of carbonyl (C=O) groups is 2. The van der Waals surface area contributed by atoms with Crippen LogP contribution in [-0.2, 0) is 5.41 Å². The van der Waals surface area contributed by atoms with Crippen molar-refractivity contribution in [3.05, 3.63) is 83.6 Å². The highest BCUT2D eigenvalue weighted by molar-refractivity contribution is 6.06. The number of amides is 3. The van der Waals surface area contributed by atoms with Gasteiger partial charge in [-0.3, -0.25) is 10.1 Å². The van der Waals surface area contributed by atoms with E-state index >= 15 is 0 Å². The number of hydrogen-bond donors (Lipinski definition) is 4. The van der Waals surface area contributed by atoms with Gasteiger partial charge in [-0.1, -0.05) is 77.1 Å². The van der Waals surface area contributed by atoms with E-state index in [2.05, 4.69) is 36.7 Å². The quantitative estimate of drug-likeness (QED) is 0.211. The number of nitrogens with one attached hydrogen (secondary N) is 3. The first-order valence-corrected chi connectivity index (χ1v) is 13.6. The maximum atomic E-state index is 13.2. The van der Waals surface area contributed by atoms with Gasteiger partial charge in [0, 0.05) is 41.5 Å². The number of aromatic nitrogens is 2. The third-order valence-electron chi connectivity index (χ3n) is 7.17. The molecule has 4 aromatic rings. The van der Waals surface area contributed by atoms with E-state index in [9.17, 15) is 14.7 Å². The molecule has 1 atom stereocenters. The van der Waals surface area contributed by atoms with Crippen molar-refractivity contribution in [2.75, 3.05) is 23.8 Å². The van der Waals surface area contributed by atoms with E-state index in [0.717, 1.165) is 22.0 Å². The molecule has 0 saturated heterocycles. The molecular weight excluding hydrogens is 502 g/mol. The normalized spacial score (nSPS) is 12.4. The van der Waals surface area contributed by atoms with Crippen LogP contribution in [0.5, 0.6) is 0 Å². The van der Waals surface area contributed by atoms with Crippen molar-refractivity contribution < 1.29 is 14.7 Å². The molecule has 0 saturated carbocycles. The highest BCUT2D eigenvalue weighted by atomic mass is 16.3. The maximum Gasteiger partial charge on any atom is 0.324 e. The summed E-state index contributed by atoms with van der Waals surface area (Å²) in [5.41, 5.74) is 3.20. The van der Waals surface area contributed by atoms with Gasteiger partial charge in [0.25, 0.3) is 5.91 Å². The molecule has 4 rings (SSSR count). The standard InChI is InChI=1S/C32H39N5O3/c1-20(2)23(19-38)18-33-30(39)26-16-24(15-14-21(26)3)37-29(17-28(36-37)32(4,5)6)35-31(40)34-27-13-9-11-22-10-7-8-12-25(22)27/h7-17,20,23,38H,18-19H2,1-6H3,(H,33,39)(H2,34,35,40)/t23-/m0/s1. The van der Waals surface area contributed by atoms with E-state index < -0.39 is 6.03 Å². The first-order valence-electron chi connectivity index (χ1n) is 13.6. The first-order chi connectivity index (χ1) is 19.0. The lowest BCUT2D eigenvalue weighted by molar-refractivity contribution is 0.0930. The lowest BCUT2D eigenvalue weighted by Crippen LogP contribution is -2.33. The number of benzene rings is 3. The Hall–Kier alpha value is -4.17. The van der Waals surface area contributed by atoms with Gasteiger partial charge in [0.1, 0.15) is 5.82 Å². The van der Waals surface area contributed by atoms with Gasteiger partial charge >= 0.3 is 6.03 Å². The minimum absolute atomic E-state index is 0.00963. The van der Waals surface area contributed by atoms with Gasteiger partial charge in [-0.05, 0) is 42.0 Å². The van der Waals surface area contributed by atoms with Gasteiger partial charge in [0.05, 0.1) is 17.1 Å². The Kier molecular flexibility index (Phi) is 8.59. The molecule has 3 aromatic carbocycles. The summed E-state index contributed by atoms with van der Waals surface area (Å²) in [4.78, 5) is 26.3. The Bertz CT molecular complexity index is 1510. The Morgan fingerprint density at radius 1 is 0.975 bits per heavy atom. The number of urea groups is 1. The number of nitrogens with zero attached hydrogens (tertiary/aromatic N) is 2. The fourth-order valence-corrected chi connectivity index (χ4v) is 4.45. The first kappa shape index (κ1) is 28.8. The second-order valence-electron chi connectivity index (χ2n) is 11.6. The smallest absolute Gasteiger partial charge is 0.324 e. The van der Waals surface area contributed by atoms with E-state index in [1.54, 1.807) is 10.7 Å². The number of hydrogen-bond acceptors (Lipinski definition) is 4. The zero-order chi connectivity index (χ0) is 29.0. The van der Waals surface area contributed by atoms with Crippen LogP contribution in [0.1, 0.15) is 56.2 Å². The molecule has 0 unspecified atom stereocenters. The van der Waals surface area contributed by atoms with E-state index in [1.165, 1.54) is 0 Å². The Labute approximate surface area is 235 Å². The molecule has 0 bridgehead atoms. The van der Waals surface area contributed by atoms with E-state index in [0.29, 0.717) is 29.3 Å². The zero-order valence-corrected chi connectivity index (χ0v) is 24.1. The number of aliphatic hydroxyl groups excluding tert-OH is 1. The molecule has 0 spiro atoms. The molecule has 0 fully saturated rings. The molecule has 0 radical (unpaired) electrons. The summed E-state index contributed by atoms with van der Waals surface area (Å²) in [6, 6.07) is 20.6. The minimum atomic E-state index is -0.397. The predicted molar refractivity (Wildman–Crippen MR) is 161 cm³/mol. The van der Waals surface area contributed by atoms with Crippen LogP contribution in [0.3, 0.4) is 0 Å². The van der Waals surface area contributed by atoms with Crippen molar-refractivity contribution in [2.45, 2.75) is 47.0 Å². The van der Waals surface area contributed by atoms with Gasteiger partial charge in [-0.25, -0.2) is 9.48 Å². The summed E-state index contributed by atoms with van der Waals surface area (Å²) in [6.07, 6.45) is 0. The third kappa shape index (κ3) is 6.51. The molecule has 1 heterocycles. The SMILES string of the molecule is Cc1ccc(-n2nc(C(C)(C)C)cc2NC(=O)Nc2cccc3ccccc23)cc1C(=O)NC[C@@H](CO)C(C)C. The van der Waals surface area contributed by atoms with Gasteiger partial charge in [0.2, 0.25) is 0 Å². The minimum Gasteiger partial charge on any atom is -0.396 e.